The third-order valence-corrected chi connectivity index (χ3v) is 5.56. The van der Waals surface area contributed by atoms with Crippen molar-refractivity contribution in [2.45, 2.75) is 17.3 Å². The minimum atomic E-state index is -4.58. The second-order valence-corrected chi connectivity index (χ2v) is 9.60. The van der Waals surface area contributed by atoms with Crippen molar-refractivity contribution in [1.29, 1.82) is 0 Å². The van der Waals surface area contributed by atoms with Crippen LogP contribution in [0, 0.1) is 0 Å². The highest BCUT2D eigenvalue weighted by molar-refractivity contribution is 7.90. The summed E-state index contributed by atoms with van der Waals surface area (Å²) < 4.78 is 71.7. The summed E-state index contributed by atoms with van der Waals surface area (Å²) in [5.74, 6) is -0.570. The van der Waals surface area contributed by atoms with Crippen LogP contribution in [0.5, 0.6) is 17.2 Å². The van der Waals surface area contributed by atoms with Crippen molar-refractivity contribution in [2.75, 3.05) is 26.0 Å². The van der Waals surface area contributed by atoms with Crippen LogP contribution in [0.3, 0.4) is 0 Å². The van der Waals surface area contributed by atoms with Gasteiger partial charge in [-0.25, -0.2) is 13.4 Å². The number of nitrogens with one attached hydrogen (secondary N) is 2. The Morgan fingerprint density at radius 1 is 1.14 bits per heavy atom. The topological polar surface area (TPSA) is 151 Å². The average molecular weight is 529 g/mol. The highest BCUT2D eigenvalue weighted by atomic mass is 32.2. The van der Waals surface area contributed by atoms with Crippen molar-refractivity contribution in [2.24, 2.45) is 0 Å². The van der Waals surface area contributed by atoms with Gasteiger partial charge in [0, 0.05) is 30.1 Å². The number of aromatic amines is 1. The molecule has 0 spiro atoms. The van der Waals surface area contributed by atoms with Gasteiger partial charge in [0.15, 0.2) is 21.5 Å². The molecule has 36 heavy (non-hydrogen) atoms. The smallest absolute Gasteiger partial charge is 0.422 e. The molecule has 194 valence electrons. The van der Waals surface area contributed by atoms with Crippen LogP contribution in [0.15, 0.2) is 53.7 Å². The lowest BCUT2D eigenvalue weighted by Gasteiger charge is -2.13. The van der Waals surface area contributed by atoms with E-state index in [2.05, 4.69) is 15.3 Å². The highest BCUT2D eigenvalue weighted by Gasteiger charge is 2.28. The Bertz CT molecular complexity index is 1310. The van der Waals surface area contributed by atoms with Gasteiger partial charge in [0.25, 0.3) is 5.91 Å². The number of alkyl halides is 3. The Morgan fingerprint density at radius 3 is 2.47 bits per heavy atom. The number of hydrogen-bond donors (Lipinski definition) is 4. The Labute approximate surface area is 203 Å². The van der Waals surface area contributed by atoms with Crippen molar-refractivity contribution < 1.29 is 46.1 Å². The molecule has 1 amide bonds. The summed E-state index contributed by atoms with van der Waals surface area (Å²) in [5, 5.41) is 20.4. The van der Waals surface area contributed by atoms with Gasteiger partial charge in [-0.3, -0.25) is 4.79 Å². The molecule has 0 aliphatic carbocycles. The number of carbonyl (C=O) groups excluding carboxylic acids is 1. The predicted molar refractivity (Wildman–Crippen MR) is 121 cm³/mol. The summed E-state index contributed by atoms with van der Waals surface area (Å²) >= 11 is 0. The first-order valence-corrected chi connectivity index (χ1v) is 12.2. The van der Waals surface area contributed by atoms with Crippen molar-refractivity contribution >= 4 is 15.7 Å². The van der Waals surface area contributed by atoms with Gasteiger partial charge in [-0.15, -0.1) is 0 Å². The lowest BCUT2D eigenvalue weighted by molar-refractivity contribution is -0.153. The normalized spacial score (nSPS) is 12.7. The molecule has 4 N–H and O–H groups in total. The first kappa shape index (κ1) is 27.0. The SMILES string of the molecule is CS(=O)(=O)c1ccc(Oc2cc(OCC(F)(F)F)cc(-c3ccc(C(=O)NC[C@H](O)CO)[nH]3)c2)cn1. The molecule has 0 aliphatic heterocycles. The Balaban J connectivity index is 1.88. The maximum absolute atomic E-state index is 12.7. The second kappa shape index (κ2) is 11.0. The number of carbonyl (C=O) groups is 1. The lowest BCUT2D eigenvalue weighted by atomic mass is 10.1. The van der Waals surface area contributed by atoms with Crippen LogP contribution in [0.1, 0.15) is 10.5 Å². The minimum Gasteiger partial charge on any atom is -0.484 e. The molecule has 1 aromatic carbocycles. The largest absolute Gasteiger partial charge is 0.484 e. The van der Waals surface area contributed by atoms with Crippen molar-refractivity contribution in [3.05, 3.63) is 54.4 Å². The van der Waals surface area contributed by atoms with E-state index in [4.69, 9.17) is 14.6 Å². The molecular weight excluding hydrogens is 507 g/mol. The summed E-state index contributed by atoms with van der Waals surface area (Å²) in [6.45, 7) is -2.27. The van der Waals surface area contributed by atoms with E-state index in [0.29, 0.717) is 11.3 Å². The zero-order valence-electron chi connectivity index (χ0n) is 18.7. The molecule has 0 radical (unpaired) electrons. The van der Waals surface area contributed by atoms with Crippen LogP contribution in [-0.2, 0) is 9.84 Å². The van der Waals surface area contributed by atoms with Crippen molar-refractivity contribution in [3.8, 4) is 28.5 Å². The molecule has 0 aliphatic rings. The first-order valence-electron chi connectivity index (χ1n) is 10.3. The molecule has 0 unspecified atom stereocenters. The van der Waals surface area contributed by atoms with Crippen LogP contribution in [0.25, 0.3) is 11.3 Å². The summed E-state index contributed by atoms with van der Waals surface area (Å²) in [7, 11) is -3.53. The van der Waals surface area contributed by atoms with E-state index in [0.717, 1.165) is 12.5 Å². The van der Waals surface area contributed by atoms with Crippen LogP contribution < -0.4 is 14.8 Å². The number of hydrogen-bond acceptors (Lipinski definition) is 8. The molecule has 2 heterocycles. The molecule has 14 heteroatoms. The van der Waals surface area contributed by atoms with Gasteiger partial charge in [-0.1, -0.05) is 0 Å². The Kier molecular flexibility index (Phi) is 8.22. The quantitative estimate of drug-likeness (QED) is 0.312. The number of H-pyrrole nitrogens is 1. The lowest BCUT2D eigenvalue weighted by Crippen LogP contribution is -2.34. The van der Waals surface area contributed by atoms with Gasteiger partial charge in [0.1, 0.15) is 22.9 Å². The van der Waals surface area contributed by atoms with Gasteiger partial charge in [0.2, 0.25) is 0 Å². The van der Waals surface area contributed by atoms with E-state index in [1.807, 2.05) is 0 Å². The number of ether oxygens (including phenoxy) is 2. The van der Waals surface area contributed by atoms with Crippen molar-refractivity contribution in [3.63, 3.8) is 0 Å². The monoisotopic (exact) mass is 529 g/mol. The number of amides is 1. The van der Waals surface area contributed by atoms with E-state index < -0.39 is 41.2 Å². The molecule has 1 atom stereocenters. The fraction of sp³-hybridized carbons (Fsp3) is 0.273. The number of halogens is 3. The van der Waals surface area contributed by atoms with Gasteiger partial charge in [-0.2, -0.15) is 13.2 Å². The van der Waals surface area contributed by atoms with Gasteiger partial charge in [-0.05, 0) is 36.4 Å². The predicted octanol–water partition coefficient (Wildman–Crippen LogP) is 2.30. The van der Waals surface area contributed by atoms with Gasteiger partial charge >= 0.3 is 6.18 Å². The van der Waals surface area contributed by atoms with E-state index in [1.165, 1.54) is 42.5 Å². The van der Waals surface area contributed by atoms with E-state index in [9.17, 15) is 31.5 Å². The van der Waals surface area contributed by atoms with E-state index in [1.54, 1.807) is 0 Å². The van der Waals surface area contributed by atoms with Crippen LogP contribution in [-0.4, -0.2) is 72.8 Å². The second-order valence-electron chi connectivity index (χ2n) is 7.64. The summed E-state index contributed by atoms with van der Waals surface area (Å²) in [6.07, 6.45) is -3.58. The van der Waals surface area contributed by atoms with Crippen LogP contribution in [0.4, 0.5) is 13.2 Å². The summed E-state index contributed by atoms with van der Waals surface area (Å²) in [5.41, 5.74) is 0.760. The molecule has 2 aromatic heterocycles. The minimum absolute atomic E-state index is 0.0604. The van der Waals surface area contributed by atoms with Crippen LogP contribution >= 0.6 is 0 Å². The number of benzene rings is 1. The zero-order chi connectivity index (χ0) is 26.5. The number of aromatic nitrogens is 2. The molecule has 3 aromatic rings. The highest BCUT2D eigenvalue weighted by Crippen LogP contribution is 2.33. The molecule has 10 nitrogen and oxygen atoms in total. The third kappa shape index (κ3) is 7.69. The molecular formula is C22H22F3N3O7S. The number of aliphatic hydroxyl groups is 2. The third-order valence-electron chi connectivity index (χ3n) is 4.56. The number of sulfone groups is 1. The summed E-state index contributed by atoms with van der Waals surface area (Å²) in [6, 6.07) is 9.48. The van der Waals surface area contributed by atoms with Gasteiger partial charge in [0.05, 0.1) is 18.9 Å². The number of pyridine rings is 1. The molecule has 3 rings (SSSR count). The van der Waals surface area contributed by atoms with E-state index >= 15 is 0 Å². The van der Waals surface area contributed by atoms with Crippen LogP contribution in [0.2, 0.25) is 0 Å². The first-order chi connectivity index (χ1) is 16.8. The van der Waals surface area contributed by atoms with Gasteiger partial charge < -0.3 is 30.0 Å². The fourth-order valence-corrected chi connectivity index (χ4v) is 3.44. The fourth-order valence-electron chi connectivity index (χ4n) is 2.88. The standard InChI is InChI=1S/C22H22F3N3O7S/c1-36(32,33)20-5-2-15(10-26-20)35-17-7-13(6-16(8-17)34-12-22(23,24)25)18-3-4-19(28-18)21(31)27-9-14(30)11-29/h2-8,10,14,28-30H,9,11-12H2,1H3,(H,27,31)/t14-/m0/s1. The Morgan fingerprint density at radius 2 is 1.86 bits per heavy atom. The Hall–Kier alpha value is -3.62. The molecule has 0 saturated carbocycles. The number of nitrogens with zero attached hydrogens (tertiary/aromatic N) is 1. The number of aliphatic hydroxyl groups excluding tert-OH is 2. The van der Waals surface area contributed by atoms with Crippen molar-refractivity contribution in [1.82, 2.24) is 15.3 Å². The summed E-state index contributed by atoms with van der Waals surface area (Å²) in [4.78, 5) is 18.9. The molecule has 0 fully saturated rings. The van der Waals surface area contributed by atoms with E-state index in [-0.39, 0.29) is 34.5 Å². The maximum atomic E-state index is 12.7. The average Bonchev–Trinajstić information content (AvgIpc) is 3.31. The molecule has 0 bridgehead atoms. The zero-order valence-corrected chi connectivity index (χ0v) is 19.6. The maximum Gasteiger partial charge on any atom is 0.422 e. The molecule has 0 saturated heterocycles. The number of rotatable bonds is 10.